The van der Waals surface area contributed by atoms with E-state index in [0.29, 0.717) is 18.7 Å². The summed E-state index contributed by atoms with van der Waals surface area (Å²) in [5.41, 5.74) is 1.01. The molecule has 200 valence electrons. The lowest BCUT2D eigenvalue weighted by Crippen LogP contribution is -2.31. The first-order valence-electron chi connectivity index (χ1n) is 11.0. The predicted octanol–water partition coefficient (Wildman–Crippen LogP) is 5.72. The first-order chi connectivity index (χ1) is 16.4. The van der Waals surface area contributed by atoms with Crippen LogP contribution in [0, 0.1) is 0 Å². The molecule has 0 spiro atoms. The van der Waals surface area contributed by atoms with Gasteiger partial charge >= 0.3 is 22.0 Å². The molecule has 2 atom stereocenters. The molecule has 1 rings (SSSR count). The molecule has 0 saturated heterocycles. The first-order valence-corrected chi connectivity index (χ1v) is 16.8. The van der Waals surface area contributed by atoms with Crippen molar-refractivity contribution in [2.75, 3.05) is 54.6 Å². The van der Waals surface area contributed by atoms with Crippen LogP contribution >= 0.6 is 22.0 Å². The maximum atomic E-state index is 12.7. The maximum absolute atomic E-state index is 12.7. The highest BCUT2D eigenvalue weighted by molar-refractivity contribution is 8.04. The van der Waals surface area contributed by atoms with Gasteiger partial charge in [0.05, 0.1) is 7.05 Å². The molecule has 0 aliphatic rings. The Morgan fingerprint density at radius 3 is 1.91 bits per heavy atom. The average molecular weight is 571 g/mol. The van der Waals surface area contributed by atoms with Gasteiger partial charge in [-0.25, -0.2) is 0 Å². The van der Waals surface area contributed by atoms with Crippen molar-refractivity contribution in [3.8, 4) is 5.75 Å². The number of benzene rings is 1. The molecule has 10 nitrogen and oxygen atoms in total. The largest absolute Gasteiger partial charge is 0.445 e. The van der Waals surface area contributed by atoms with Crippen LogP contribution in [0.15, 0.2) is 29.4 Å². The van der Waals surface area contributed by atoms with Gasteiger partial charge in [-0.15, -0.1) is 4.78 Å². The minimum absolute atomic E-state index is 0.0550. The molecule has 0 aliphatic heterocycles. The monoisotopic (exact) mass is 570 g/mol. The number of nitrogens with zero attached hydrogens (tertiary/aromatic N) is 3. The van der Waals surface area contributed by atoms with Gasteiger partial charge in [0.1, 0.15) is 18.3 Å². The Morgan fingerprint density at radius 1 is 1.03 bits per heavy atom. The van der Waals surface area contributed by atoms with Crippen LogP contribution in [0.2, 0.25) is 0 Å². The summed E-state index contributed by atoms with van der Waals surface area (Å²) in [6.45, 7) is 6.99. The van der Waals surface area contributed by atoms with Crippen LogP contribution in [-0.2, 0) is 45.5 Å². The fraction of sp³-hybridized carbons (Fsp3) is 0.667. The van der Waals surface area contributed by atoms with E-state index in [-0.39, 0.29) is 12.6 Å². The van der Waals surface area contributed by atoms with Gasteiger partial charge in [0, 0.05) is 55.0 Å². The highest BCUT2D eigenvalue weighted by Crippen LogP contribution is 2.51. The highest BCUT2D eigenvalue weighted by atomic mass is 32.4. The summed E-state index contributed by atoms with van der Waals surface area (Å²) in [5, 5.41) is 3.40. The number of hydrogen-bond donors (Lipinski definition) is 0. The van der Waals surface area contributed by atoms with E-state index in [4.69, 9.17) is 34.6 Å². The van der Waals surface area contributed by atoms with Crippen LogP contribution in [0.5, 0.6) is 5.75 Å². The van der Waals surface area contributed by atoms with Crippen LogP contribution in [0.1, 0.15) is 32.3 Å². The van der Waals surface area contributed by atoms with Gasteiger partial charge in [0.15, 0.2) is 11.8 Å². The summed E-state index contributed by atoms with van der Waals surface area (Å²) in [7, 11) is 0.333. The zero-order valence-corrected chi connectivity index (χ0v) is 25.2. The summed E-state index contributed by atoms with van der Waals surface area (Å²) in [6, 6.07) is 7.72. The van der Waals surface area contributed by atoms with Crippen molar-refractivity contribution in [1.29, 1.82) is 0 Å². The van der Waals surface area contributed by atoms with Crippen molar-refractivity contribution in [2.24, 2.45) is 5.10 Å². The van der Waals surface area contributed by atoms with Gasteiger partial charge in [0.25, 0.3) is 5.34 Å². The number of rotatable bonds is 18. The molecule has 14 heteroatoms. The minimum Gasteiger partial charge on any atom is -0.445 e. The Hall–Kier alpha value is -0.730. The Kier molecular flexibility index (Phi) is 13.7. The summed E-state index contributed by atoms with van der Waals surface area (Å²) in [6.07, 6.45) is 2.19. The molecule has 0 saturated carbocycles. The van der Waals surface area contributed by atoms with Gasteiger partial charge in [-0.3, -0.25) is 14.0 Å². The number of hydrazone groups is 1. The second-order valence-corrected chi connectivity index (χ2v) is 15.5. The molecular weight excluding hydrogens is 531 g/mol. The highest BCUT2D eigenvalue weighted by Gasteiger charge is 2.45. The second-order valence-electron chi connectivity index (χ2n) is 7.95. The lowest BCUT2D eigenvalue weighted by atomic mass is 10.1. The Bertz CT molecular complexity index is 878. The van der Waals surface area contributed by atoms with Crippen molar-refractivity contribution in [1.82, 2.24) is 9.68 Å². The average Bonchev–Trinajstić information content (AvgIpc) is 2.87. The van der Waals surface area contributed by atoms with Crippen molar-refractivity contribution >= 4 is 40.6 Å². The number of ether oxygens (including phenoxy) is 1. The molecule has 0 aliphatic carbocycles. The topological polar surface area (TPSA) is 99.1 Å². The van der Waals surface area contributed by atoms with E-state index >= 15 is 0 Å². The Labute approximate surface area is 215 Å². The minimum atomic E-state index is -3.37. The van der Waals surface area contributed by atoms with E-state index in [1.54, 1.807) is 9.68 Å². The molecule has 2 unspecified atom stereocenters. The van der Waals surface area contributed by atoms with Crippen molar-refractivity contribution in [3.05, 3.63) is 29.8 Å². The van der Waals surface area contributed by atoms with Crippen LogP contribution < -0.4 is 4.74 Å². The van der Waals surface area contributed by atoms with E-state index in [2.05, 4.69) is 18.7 Å². The second kappa shape index (κ2) is 14.9. The molecule has 0 radical (unpaired) electrons. The van der Waals surface area contributed by atoms with Gasteiger partial charge < -0.3 is 22.8 Å². The third kappa shape index (κ3) is 9.92. The Balaban J connectivity index is 2.98. The molecule has 0 heterocycles. The number of hydrogen-bond acceptors (Lipinski definition) is 10. The van der Waals surface area contributed by atoms with Crippen molar-refractivity contribution in [3.63, 3.8) is 0 Å². The normalized spacial score (nSPS) is 14.5. The fourth-order valence-electron chi connectivity index (χ4n) is 3.33. The van der Waals surface area contributed by atoms with Gasteiger partial charge in [-0.05, 0) is 30.5 Å². The lowest BCUT2D eigenvalue weighted by molar-refractivity contribution is 0.164. The van der Waals surface area contributed by atoms with Crippen LogP contribution in [0.3, 0.4) is 0 Å². The molecule has 0 amide bonds. The van der Waals surface area contributed by atoms with E-state index in [9.17, 15) is 9.13 Å². The van der Waals surface area contributed by atoms with Crippen LogP contribution in [-0.4, -0.2) is 76.3 Å². The Morgan fingerprint density at radius 2 is 1.51 bits per heavy atom. The zero-order chi connectivity index (χ0) is 26.7. The van der Waals surface area contributed by atoms with E-state index in [0.717, 1.165) is 18.4 Å². The smallest absolute Gasteiger partial charge is 0.358 e. The third-order valence-electron chi connectivity index (χ3n) is 5.42. The quantitative estimate of drug-likeness (QED) is 0.124. The van der Waals surface area contributed by atoms with Crippen LogP contribution in [0.4, 0.5) is 0 Å². The van der Waals surface area contributed by atoms with Gasteiger partial charge in [-0.2, -0.15) is 5.10 Å². The summed E-state index contributed by atoms with van der Waals surface area (Å²) in [5.74, 6) is 0.711. The van der Waals surface area contributed by atoms with E-state index in [1.807, 2.05) is 38.2 Å². The summed E-state index contributed by atoms with van der Waals surface area (Å²) < 4.78 is 53.7. The van der Waals surface area contributed by atoms with Gasteiger partial charge in [0.2, 0.25) is 0 Å². The molecule has 0 bridgehead atoms. The molecule has 1 aromatic rings. The van der Waals surface area contributed by atoms with E-state index in [1.165, 1.54) is 28.4 Å². The molecule has 1 aromatic carbocycles. The van der Waals surface area contributed by atoms with Gasteiger partial charge in [-0.1, -0.05) is 19.1 Å². The fourth-order valence-corrected chi connectivity index (χ4v) is 7.58. The third-order valence-corrected chi connectivity index (χ3v) is 12.8. The molecule has 0 aromatic heterocycles. The summed E-state index contributed by atoms with van der Waals surface area (Å²) >= 11 is 5.72. The summed E-state index contributed by atoms with van der Waals surface area (Å²) in [4.78, 5) is 1.70. The molecule has 0 N–H and O–H groups in total. The predicted molar refractivity (Wildman–Crippen MR) is 145 cm³/mol. The van der Waals surface area contributed by atoms with Crippen molar-refractivity contribution in [2.45, 2.75) is 38.5 Å². The molecule has 35 heavy (non-hydrogen) atoms. The van der Waals surface area contributed by atoms with Crippen LogP contribution in [0.25, 0.3) is 0 Å². The molecular formula is C21H39N3O7P3S+. The maximum Gasteiger partial charge on any atom is 0.358 e. The lowest BCUT2D eigenvalue weighted by Gasteiger charge is -2.28. The SMILES string of the molecule is C=NN(C)[P+](=S)C(C)(CCC)Oc1ccc(CCN(CP(=O)(OC)OC)CP(=O)(OC)OC)cc1. The first kappa shape index (κ1) is 32.3. The van der Waals surface area contributed by atoms with E-state index < -0.39 is 27.4 Å². The molecule has 0 fully saturated rings. The van der Waals surface area contributed by atoms with Crippen molar-refractivity contribution < 1.29 is 32.0 Å². The zero-order valence-electron chi connectivity index (χ0n) is 21.7. The standard InChI is InChI=1S/C21H39N3O7P3S/c1-9-15-21(2,32(35)23(4)22-3)31-20-12-10-19(11-13-20)14-16-24(17-33(25,27-5)28-6)18-34(26,29-7)30-8/h10-13H,3,9,14-18H2,1-2,4-8H3/q+1.